The molecule has 0 aliphatic carbocycles. The van der Waals surface area contributed by atoms with Crippen molar-refractivity contribution < 1.29 is 19.1 Å². The van der Waals surface area contributed by atoms with E-state index in [1.165, 1.54) is 0 Å². The van der Waals surface area contributed by atoms with Gasteiger partial charge in [-0.2, -0.15) is 0 Å². The van der Waals surface area contributed by atoms with Gasteiger partial charge in [-0.25, -0.2) is 9.18 Å². The molecule has 1 aromatic carbocycles. The van der Waals surface area contributed by atoms with Gasteiger partial charge in [0.1, 0.15) is 5.82 Å². The number of nitrogens with one attached hydrogen (secondary N) is 2. The van der Waals surface area contributed by atoms with Gasteiger partial charge in [0.05, 0.1) is 17.3 Å². The molecule has 108 valence electrons. The van der Waals surface area contributed by atoms with Gasteiger partial charge >= 0.3 is 5.97 Å². The maximum atomic E-state index is 13.6. The van der Waals surface area contributed by atoms with Crippen LogP contribution in [-0.4, -0.2) is 29.6 Å². The molecule has 0 saturated carbocycles. The fourth-order valence-corrected chi connectivity index (χ4v) is 2.37. The van der Waals surface area contributed by atoms with Crippen LogP contribution < -0.4 is 10.6 Å². The highest BCUT2D eigenvalue weighted by molar-refractivity contribution is 5.97. The summed E-state index contributed by atoms with van der Waals surface area (Å²) in [7, 11) is 0. The number of piperidine rings is 1. The summed E-state index contributed by atoms with van der Waals surface area (Å²) in [6.45, 7) is 2.71. The number of carboxylic acid groups (broad SMARTS) is 1. The van der Waals surface area contributed by atoms with E-state index in [1.54, 1.807) is 0 Å². The van der Waals surface area contributed by atoms with Crippen LogP contribution >= 0.6 is 0 Å². The third-order valence-corrected chi connectivity index (χ3v) is 3.52. The number of anilines is 1. The van der Waals surface area contributed by atoms with Crippen LogP contribution in [0, 0.1) is 11.7 Å². The molecule has 1 fully saturated rings. The lowest BCUT2D eigenvalue weighted by atomic mass is 9.92. The van der Waals surface area contributed by atoms with Crippen LogP contribution in [0.2, 0.25) is 0 Å². The number of hydrogen-bond donors (Lipinski definition) is 3. The van der Waals surface area contributed by atoms with Crippen LogP contribution in [0.5, 0.6) is 0 Å². The van der Waals surface area contributed by atoms with Gasteiger partial charge in [0.15, 0.2) is 0 Å². The molecule has 0 spiro atoms. The molecule has 1 amide bonds. The highest BCUT2D eigenvalue weighted by Crippen LogP contribution is 2.20. The van der Waals surface area contributed by atoms with Crippen molar-refractivity contribution in [2.45, 2.75) is 25.8 Å². The molecular weight excluding hydrogens is 263 g/mol. The summed E-state index contributed by atoms with van der Waals surface area (Å²) in [6.07, 6.45) is 1.94. The summed E-state index contributed by atoms with van der Waals surface area (Å²) in [5.41, 5.74) is -0.166. The molecule has 3 N–H and O–H groups in total. The number of carboxylic acids is 1. The lowest BCUT2D eigenvalue weighted by Gasteiger charge is -2.29. The van der Waals surface area contributed by atoms with Crippen LogP contribution in [0.15, 0.2) is 18.2 Å². The summed E-state index contributed by atoms with van der Waals surface area (Å²) < 4.78 is 13.6. The van der Waals surface area contributed by atoms with Crippen LogP contribution in [0.1, 0.15) is 30.1 Å². The van der Waals surface area contributed by atoms with E-state index in [2.05, 4.69) is 10.6 Å². The number of carbonyl (C=O) groups is 2. The number of rotatable bonds is 3. The van der Waals surface area contributed by atoms with Crippen molar-refractivity contribution in [1.29, 1.82) is 0 Å². The molecule has 6 heteroatoms. The Bertz CT molecular complexity index is 533. The van der Waals surface area contributed by atoms with Crippen LogP contribution in [0.4, 0.5) is 10.1 Å². The molecule has 2 rings (SSSR count). The summed E-state index contributed by atoms with van der Waals surface area (Å²) in [6, 6.07) is 2.95. The molecule has 1 heterocycles. The van der Waals surface area contributed by atoms with Gasteiger partial charge in [0, 0.05) is 0 Å². The molecule has 0 bridgehead atoms. The quantitative estimate of drug-likeness (QED) is 0.789. The summed E-state index contributed by atoms with van der Waals surface area (Å²) in [4.78, 5) is 23.0. The standard InChI is InChI=1S/C14H17FN2O3/c1-8-3-2-6-16-12(8)13(18)17-11-7-9(14(19)20)4-5-10(11)15/h4-5,7-8,12,16H,2-3,6H2,1H3,(H,17,18)(H,19,20). The molecule has 1 aromatic rings. The van der Waals surface area contributed by atoms with Crippen molar-refractivity contribution in [3.8, 4) is 0 Å². The predicted molar refractivity (Wildman–Crippen MR) is 72.2 cm³/mol. The topological polar surface area (TPSA) is 78.4 Å². The van der Waals surface area contributed by atoms with E-state index in [9.17, 15) is 14.0 Å². The van der Waals surface area contributed by atoms with Crippen molar-refractivity contribution in [1.82, 2.24) is 5.32 Å². The minimum atomic E-state index is -1.16. The maximum Gasteiger partial charge on any atom is 0.335 e. The van der Waals surface area contributed by atoms with E-state index in [4.69, 9.17) is 5.11 Å². The number of hydrogen-bond acceptors (Lipinski definition) is 3. The fourth-order valence-electron chi connectivity index (χ4n) is 2.37. The minimum Gasteiger partial charge on any atom is -0.478 e. The number of amides is 1. The highest BCUT2D eigenvalue weighted by atomic mass is 19.1. The average Bonchev–Trinajstić information content (AvgIpc) is 2.41. The van der Waals surface area contributed by atoms with Gasteiger partial charge in [-0.1, -0.05) is 6.92 Å². The summed E-state index contributed by atoms with van der Waals surface area (Å²) in [5.74, 6) is -1.98. The second-order valence-corrected chi connectivity index (χ2v) is 5.04. The lowest BCUT2D eigenvalue weighted by molar-refractivity contribution is -0.119. The Morgan fingerprint density at radius 3 is 2.85 bits per heavy atom. The van der Waals surface area contributed by atoms with Crippen LogP contribution in [0.25, 0.3) is 0 Å². The molecule has 2 atom stereocenters. The molecular formula is C14H17FN2O3. The average molecular weight is 280 g/mol. The van der Waals surface area contributed by atoms with Crippen molar-refractivity contribution in [3.63, 3.8) is 0 Å². The third-order valence-electron chi connectivity index (χ3n) is 3.52. The second-order valence-electron chi connectivity index (χ2n) is 5.04. The summed E-state index contributed by atoms with van der Waals surface area (Å²) >= 11 is 0. The van der Waals surface area contributed by atoms with E-state index >= 15 is 0 Å². The molecule has 5 nitrogen and oxygen atoms in total. The largest absolute Gasteiger partial charge is 0.478 e. The van der Waals surface area contributed by atoms with Crippen molar-refractivity contribution >= 4 is 17.6 Å². The van der Waals surface area contributed by atoms with Crippen LogP contribution in [-0.2, 0) is 4.79 Å². The zero-order chi connectivity index (χ0) is 14.7. The van der Waals surface area contributed by atoms with Gasteiger partial charge in [0.25, 0.3) is 0 Å². The lowest BCUT2D eigenvalue weighted by Crippen LogP contribution is -2.48. The molecule has 1 saturated heterocycles. The first kappa shape index (κ1) is 14.5. The molecule has 1 aliphatic rings. The Morgan fingerprint density at radius 1 is 1.45 bits per heavy atom. The van der Waals surface area contributed by atoms with Gasteiger partial charge in [-0.15, -0.1) is 0 Å². The Labute approximate surface area is 116 Å². The van der Waals surface area contributed by atoms with E-state index in [0.717, 1.165) is 37.6 Å². The van der Waals surface area contributed by atoms with Gasteiger partial charge < -0.3 is 15.7 Å². The Kier molecular flexibility index (Phi) is 4.34. The smallest absolute Gasteiger partial charge is 0.335 e. The van der Waals surface area contributed by atoms with Gasteiger partial charge in [0.2, 0.25) is 5.91 Å². The van der Waals surface area contributed by atoms with E-state index in [-0.39, 0.29) is 29.1 Å². The van der Waals surface area contributed by atoms with E-state index in [0.29, 0.717) is 0 Å². The third kappa shape index (κ3) is 3.14. The Hall–Kier alpha value is -1.95. The minimum absolute atomic E-state index is 0.0636. The molecule has 20 heavy (non-hydrogen) atoms. The number of carbonyl (C=O) groups excluding carboxylic acids is 1. The van der Waals surface area contributed by atoms with Crippen LogP contribution in [0.3, 0.4) is 0 Å². The van der Waals surface area contributed by atoms with Gasteiger partial charge in [-0.05, 0) is 43.5 Å². The zero-order valence-corrected chi connectivity index (χ0v) is 11.1. The second kappa shape index (κ2) is 6.00. The van der Waals surface area contributed by atoms with E-state index < -0.39 is 11.8 Å². The first-order valence-corrected chi connectivity index (χ1v) is 6.56. The maximum absolute atomic E-state index is 13.6. The number of halogens is 1. The first-order valence-electron chi connectivity index (χ1n) is 6.56. The summed E-state index contributed by atoms with van der Waals surface area (Å²) in [5, 5.41) is 14.4. The predicted octanol–water partition coefficient (Wildman–Crippen LogP) is 1.85. The molecule has 0 radical (unpaired) electrons. The van der Waals surface area contributed by atoms with Crippen molar-refractivity contribution in [2.24, 2.45) is 5.92 Å². The van der Waals surface area contributed by atoms with E-state index in [1.807, 2.05) is 6.92 Å². The van der Waals surface area contributed by atoms with Crippen molar-refractivity contribution in [2.75, 3.05) is 11.9 Å². The fraction of sp³-hybridized carbons (Fsp3) is 0.429. The molecule has 2 unspecified atom stereocenters. The molecule has 1 aliphatic heterocycles. The Balaban J connectivity index is 2.14. The number of benzene rings is 1. The normalized spacial score (nSPS) is 22.3. The molecule has 0 aromatic heterocycles. The highest BCUT2D eigenvalue weighted by Gasteiger charge is 2.27. The first-order chi connectivity index (χ1) is 9.49. The number of aromatic carboxylic acids is 1. The zero-order valence-electron chi connectivity index (χ0n) is 11.1. The Morgan fingerprint density at radius 2 is 2.20 bits per heavy atom. The van der Waals surface area contributed by atoms with Gasteiger partial charge in [-0.3, -0.25) is 4.79 Å². The van der Waals surface area contributed by atoms with Crippen molar-refractivity contribution in [3.05, 3.63) is 29.6 Å². The SMILES string of the molecule is CC1CCCNC1C(=O)Nc1cc(C(=O)O)ccc1F. The monoisotopic (exact) mass is 280 g/mol.